The van der Waals surface area contributed by atoms with Crippen LogP contribution in [0.5, 0.6) is 0 Å². The summed E-state index contributed by atoms with van der Waals surface area (Å²) in [5, 5.41) is 10.9. The highest BCUT2D eigenvalue weighted by atomic mass is 79.9. The minimum Gasteiger partial charge on any atom is -0.387 e. The number of ether oxygens (including phenoxy) is 3. The molecule has 0 unspecified atom stereocenters. The summed E-state index contributed by atoms with van der Waals surface area (Å²) >= 11 is 3.41. The Bertz CT molecular complexity index is 307. The van der Waals surface area contributed by atoms with Crippen LogP contribution < -0.4 is 0 Å². The fourth-order valence-electron chi connectivity index (χ4n) is 2.39. The second kappa shape index (κ2) is 4.63. The highest BCUT2D eigenvalue weighted by Crippen LogP contribution is 2.44. The van der Waals surface area contributed by atoms with Crippen molar-refractivity contribution in [3.05, 3.63) is 12.7 Å². The van der Waals surface area contributed by atoms with Crippen molar-refractivity contribution in [1.82, 2.24) is 0 Å². The Hall–Kier alpha value is 0.0600. The summed E-state index contributed by atoms with van der Waals surface area (Å²) in [6.45, 7) is 7.33. The maximum absolute atomic E-state index is 10.4. The van der Waals surface area contributed by atoms with Crippen LogP contribution in [0.15, 0.2) is 12.7 Å². The van der Waals surface area contributed by atoms with Crippen LogP contribution in [0.1, 0.15) is 26.7 Å². The molecule has 2 aliphatic heterocycles. The third kappa shape index (κ3) is 2.31. The van der Waals surface area contributed by atoms with E-state index in [0.29, 0.717) is 11.8 Å². The van der Waals surface area contributed by atoms with Crippen molar-refractivity contribution in [2.24, 2.45) is 0 Å². The largest absolute Gasteiger partial charge is 0.387 e. The molecule has 17 heavy (non-hydrogen) atoms. The number of hydrogen-bond donors (Lipinski definition) is 1. The van der Waals surface area contributed by atoms with E-state index in [1.54, 1.807) is 0 Å². The Morgan fingerprint density at radius 2 is 2.06 bits per heavy atom. The van der Waals surface area contributed by atoms with Gasteiger partial charge in [0.25, 0.3) is 0 Å². The second-order valence-corrected chi connectivity index (χ2v) is 5.62. The fourth-order valence-corrected chi connectivity index (χ4v) is 3.14. The van der Waals surface area contributed by atoms with Gasteiger partial charge in [0, 0.05) is 5.33 Å². The van der Waals surface area contributed by atoms with Gasteiger partial charge in [-0.15, -0.1) is 6.58 Å². The number of hydrogen-bond acceptors (Lipinski definition) is 4. The summed E-state index contributed by atoms with van der Waals surface area (Å²) in [6, 6.07) is 0. The van der Waals surface area contributed by atoms with Gasteiger partial charge in [-0.1, -0.05) is 22.0 Å². The fraction of sp³-hybridized carbons (Fsp3) is 0.833. The van der Waals surface area contributed by atoms with Gasteiger partial charge in [-0.2, -0.15) is 0 Å². The first-order valence-electron chi connectivity index (χ1n) is 5.82. The van der Waals surface area contributed by atoms with Gasteiger partial charge in [0.1, 0.15) is 17.8 Å². The number of aliphatic hydroxyl groups excluding tert-OH is 1. The highest BCUT2D eigenvalue weighted by Gasteiger charge is 2.60. The molecule has 4 atom stereocenters. The van der Waals surface area contributed by atoms with Gasteiger partial charge in [0.2, 0.25) is 0 Å². The predicted molar refractivity (Wildman–Crippen MR) is 66.9 cm³/mol. The summed E-state index contributed by atoms with van der Waals surface area (Å²) in [4.78, 5) is 0. The van der Waals surface area contributed by atoms with Crippen molar-refractivity contribution in [2.45, 2.75) is 56.6 Å². The number of fused-ring (bicyclic) bond motifs is 1. The van der Waals surface area contributed by atoms with Crippen LogP contribution in [-0.4, -0.2) is 40.3 Å². The lowest BCUT2D eigenvalue weighted by Crippen LogP contribution is -2.46. The summed E-state index contributed by atoms with van der Waals surface area (Å²) in [5.41, 5.74) is -0.639. The van der Waals surface area contributed by atoms with Crippen molar-refractivity contribution < 1.29 is 19.3 Å². The number of halogens is 1. The first-order chi connectivity index (χ1) is 7.94. The molecule has 0 amide bonds. The van der Waals surface area contributed by atoms with E-state index in [1.165, 1.54) is 0 Å². The van der Waals surface area contributed by atoms with E-state index in [0.717, 1.165) is 6.42 Å². The van der Waals surface area contributed by atoms with Crippen LogP contribution in [0.3, 0.4) is 0 Å². The van der Waals surface area contributed by atoms with E-state index in [2.05, 4.69) is 22.5 Å². The van der Waals surface area contributed by atoms with Crippen LogP contribution >= 0.6 is 15.9 Å². The first-order valence-corrected chi connectivity index (χ1v) is 6.95. The Kier molecular flexibility index (Phi) is 3.67. The molecule has 2 rings (SSSR count). The van der Waals surface area contributed by atoms with Gasteiger partial charge >= 0.3 is 0 Å². The molecule has 0 bridgehead atoms. The monoisotopic (exact) mass is 306 g/mol. The minimum absolute atomic E-state index is 0.410. The molecule has 0 aromatic heterocycles. The molecule has 2 fully saturated rings. The maximum Gasteiger partial charge on any atom is 0.190 e. The zero-order valence-electron chi connectivity index (χ0n) is 10.2. The van der Waals surface area contributed by atoms with E-state index in [-0.39, 0.29) is 0 Å². The summed E-state index contributed by atoms with van der Waals surface area (Å²) in [5.74, 6) is -0.687. The van der Waals surface area contributed by atoms with Crippen LogP contribution in [0.25, 0.3) is 0 Å². The Morgan fingerprint density at radius 1 is 1.35 bits per heavy atom. The molecule has 0 saturated carbocycles. The molecule has 2 saturated heterocycles. The molecule has 0 radical (unpaired) electrons. The lowest BCUT2D eigenvalue weighted by Gasteiger charge is -2.32. The third-order valence-electron chi connectivity index (χ3n) is 3.29. The summed E-state index contributed by atoms with van der Waals surface area (Å²) in [7, 11) is 0. The summed E-state index contributed by atoms with van der Waals surface area (Å²) < 4.78 is 17.2. The standard InChI is InChI=1S/C12H19BrO4/c1-4-5-6-12(7-13)9(14)8-10(17-12)16-11(2,3)15-8/h4,8-10,14H,1,5-7H2,2-3H3/t8-,9+,10+,12-/m1/s1. The molecule has 2 heterocycles. The molecule has 0 aromatic carbocycles. The van der Waals surface area contributed by atoms with Crippen LogP contribution in [0, 0.1) is 0 Å². The Morgan fingerprint density at radius 3 is 2.59 bits per heavy atom. The molecular formula is C12H19BrO4. The average molecular weight is 307 g/mol. The molecule has 4 nitrogen and oxygen atoms in total. The Labute approximate surface area is 110 Å². The van der Waals surface area contributed by atoms with Gasteiger partial charge in [-0.3, -0.25) is 0 Å². The summed E-state index contributed by atoms with van der Waals surface area (Å²) in [6.07, 6.45) is 1.72. The van der Waals surface area contributed by atoms with Crippen molar-refractivity contribution >= 4 is 15.9 Å². The lowest BCUT2D eigenvalue weighted by molar-refractivity contribution is -0.235. The lowest BCUT2D eigenvalue weighted by atomic mass is 9.92. The molecule has 0 spiro atoms. The molecule has 2 aliphatic rings. The van der Waals surface area contributed by atoms with Gasteiger partial charge in [-0.05, 0) is 26.7 Å². The molecule has 5 heteroatoms. The van der Waals surface area contributed by atoms with Crippen molar-refractivity contribution in [3.8, 4) is 0 Å². The topological polar surface area (TPSA) is 47.9 Å². The number of allylic oxidation sites excluding steroid dienone is 1. The normalized spacial score (nSPS) is 43.6. The average Bonchev–Trinajstić information content (AvgIpc) is 2.69. The highest BCUT2D eigenvalue weighted by molar-refractivity contribution is 9.09. The Balaban J connectivity index is 2.12. The van der Waals surface area contributed by atoms with Crippen molar-refractivity contribution in [3.63, 3.8) is 0 Å². The van der Waals surface area contributed by atoms with Crippen molar-refractivity contribution in [2.75, 3.05) is 5.33 Å². The van der Waals surface area contributed by atoms with E-state index in [1.807, 2.05) is 19.9 Å². The molecule has 1 N–H and O–H groups in total. The van der Waals surface area contributed by atoms with Crippen LogP contribution in [0.4, 0.5) is 0 Å². The number of alkyl halides is 1. The van der Waals surface area contributed by atoms with Gasteiger partial charge in [-0.25, -0.2) is 0 Å². The van der Waals surface area contributed by atoms with Gasteiger partial charge in [0.05, 0.1) is 0 Å². The molecular weight excluding hydrogens is 288 g/mol. The second-order valence-electron chi connectivity index (χ2n) is 5.06. The predicted octanol–water partition coefficient (Wildman–Crippen LogP) is 1.96. The minimum atomic E-state index is -0.687. The number of aliphatic hydroxyl groups is 1. The van der Waals surface area contributed by atoms with E-state index in [4.69, 9.17) is 14.2 Å². The van der Waals surface area contributed by atoms with E-state index >= 15 is 0 Å². The van der Waals surface area contributed by atoms with Crippen LogP contribution in [-0.2, 0) is 14.2 Å². The maximum atomic E-state index is 10.4. The molecule has 98 valence electrons. The number of rotatable bonds is 4. The zero-order valence-corrected chi connectivity index (χ0v) is 11.8. The van der Waals surface area contributed by atoms with Gasteiger partial charge in [0.15, 0.2) is 12.1 Å². The van der Waals surface area contributed by atoms with Crippen LogP contribution in [0.2, 0.25) is 0 Å². The first kappa shape index (κ1) is 13.5. The third-order valence-corrected chi connectivity index (χ3v) is 4.24. The molecule has 0 aromatic rings. The van der Waals surface area contributed by atoms with Crippen molar-refractivity contribution in [1.29, 1.82) is 0 Å². The smallest absolute Gasteiger partial charge is 0.190 e. The zero-order chi connectivity index (χ0) is 12.7. The molecule has 0 aliphatic carbocycles. The van der Waals surface area contributed by atoms with E-state index in [9.17, 15) is 5.11 Å². The van der Waals surface area contributed by atoms with E-state index < -0.39 is 29.9 Å². The van der Waals surface area contributed by atoms with Gasteiger partial charge < -0.3 is 19.3 Å². The quantitative estimate of drug-likeness (QED) is 0.637. The SMILES string of the molecule is C=CCC[C@]1(CBr)O[C@@H]2OC(C)(C)O[C@@H]2[C@@H]1O.